The molecule has 3 rings (SSSR count). The van der Waals surface area contributed by atoms with Gasteiger partial charge in [-0.3, -0.25) is 9.59 Å². The number of esters is 1. The molecule has 2 unspecified atom stereocenters. The average Bonchev–Trinajstić information content (AvgIpc) is 2.83. The largest absolute Gasteiger partial charge is 0.497 e. The van der Waals surface area contributed by atoms with Gasteiger partial charge in [-0.1, -0.05) is 12.1 Å². The minimum absolute atomic E-state index is 0.0459. The summed E-state index contributed by atoms with van der Waals surface area (Å²) in [6, 6.07) is 10.4. The number of ether oxygens (including phenoxy) is 2. The quantitative estimate of drug-likeness (QED) is 0.719. The number of halogens is 3. The molecule has 0 aliphatic carbocycles. The Hall–Kier alpha value is -3.03. The monoisotopic (exact) mass is 421 g/mol. The topological polar surface area (TPSA) is 64.6 Å². The van der Waals surface area contributed by atoms with Crippen molar-refractivity contribution in [1.29, 1.82) is 0 Å². The standard InChI is InChI=1S/C22H22F3NO4/c1-13(27)30-10-9-18-19(14-3-6-17(29-2)7-4-14)12-15-11-16(22(23,24)25)5-8-20(15)26-21(18)28/h3-8,11,18-19H,9-10,12H2,1-2H3,(H,26,28). The highest BCUT2D eigenvalue weighted by Crippen LogP contribution is 2.40. The van der Waals surface area contributed by atoms with Crippen LogP contribution in [-0.2, 0) is 26.9 Å². The molecule has 1 heterocycles. The number of methoxy groups -OCH3 is 1. The molecule has 0 radical (unpaired) electrons. The van der Waals surface area contributed by atoms with Gasteiger partial charge in [-0.25, -0.2) is 0 Å². The first-order valence-electron chi connectivity index (χ1n) is 9.47. The van der Waals surface area contributed by atoms with Crippen LogP contribution in [0.1, 0.15) is 36.0 Å². The van der Waals surface area contributed by atoms with Crippen LogP contribution in [0.15, 0.2) is 42.5 Å². The Labute approximate surface area is 172 Å². The summed E-state index contributed by atoms with van der Waals surface area (Å²) in [5, 5.41) is 2.74. The van der Waals surface area contributed by atoms with Crippen molar-refractivity contribution in [2.45, 2.75) is 31.9 Å². The summed E-state index contributed by atoms with van der Waals surface area (Å²) < 4.78 is 49.8. The van der Waals surface area contributed by atoms with Gasteiger partial charge >= 0.3 is 12.1 Å². The number of nitrogens with one attached hydrogen (secondary N) is 1. The van der Waals surface area contributed by atoms with E-state index in [0.29, 0.717) is 17.0 Å². The first-order chi connectivity index (χ1) is 14.2. The SMILES string of the molecule is COc1ccc(C2Cc3cc(C(F)(F)F)ccc3NC(=O)C2CCOC(C)=O)cc1. The summed E-state index contributed by atoms with van der Waals surface area (Å²) in [5.74, 6) is -1.12. The molecule has 2 aromatic carbocycles. The molecule has 30 heavy (non-hydrogen) atoms. The summed E-state index contributed by atoms with van der Waals surface area (Å²) in [6.07, 6.45) is -3.99. The van der Waals surface area contributed by atoms with Gasteiger partial charge in [-0.05, 0) is 60.2 Å². The van der Waals surface area contributed by atoms with Gasteiger partial charge in [0, 0.05) is 18.5 Å². The molecule has 160 valence electrons. The van der Waals surface area contributed by atoms with Crippen LogP contribution in [0.4, 0.5) is 18.9 Å². The highest BCUT2D eigenvalue weighted by Gasteiger charge is 2.36. The van der Waals surface area contributed by atoms with E-state index in [1.54, 1.807) is 24.3 Å². The third kappa shape index (κ3) is 4.93. The summed E-state index contributed by atoms with van der Waals surface area (Å²) in [7, 11) is 1.53. The molecule has 0 spiro atoms. The molecule has 5 nitrogen and oxygen atoms in total. The Morgan fingerprint density at radius 2 is 1.87 bits per heavy atom. The number of carbonyl (C=O) groups is 2. The van der Waals surface area contributed by atoms with Crippen LogP contribution in [0.3, 0.4) is 0 Å². The molecule has 0 saturated carbocycles. The average molecular weight is 421 g/mol. The molecule has 0 aromatic heterocycles. The van der Waals surface area contributed by atoms with Crippen LogP contribution >= 0.6 is 0 Å². The van der Waals surface area contributed by atoms with E-state index in [0.717, 1.165) is 17.7 Å². The first kappa shape index (κ1) is 21.7. The van der Waals surface area contributed by atoms with Crippen molar-refractivity contribution in [1.82, 2.24) is 0 Å². The molecule has 1 N–H and O–H groups in total. The number of alkyl halides is 3. The van der Waals surface area contributed by atoms with Gasteiger partial charge in [0.05, 0.1) is 19.3 Å². The summed E-state index contributed by atoms with van der Waals surface area (Å²) >= 11 is 0. The van der Waals surface area contributed by atoms with Crippen molar-refractivity contribution in [3.63, 3.8) is 0 Å². The number of amides is 1. The number of hydrogen-bond donors (Lipinski definition) is 1. The number of hydrogen-bond acceptors (Lipinski definition) is 4. The van der Waals surface area contributed by atoms with Crippen LogP contribution in [0.2, 0.25) is 0 Å². The van der Waals surface area contributed by atoms with Gasteiger partial charge in [-0.2, -0.15) is 13.2 Å². The molecular formula is C22H22F3NO4. The van der Waals surface area contributed by atoms with Gasteiger partial charge < -0.3 is 14.8 Å². The molecular weight excluding hydrogens is 399 g/mol. The van der Waals surface area contributed by atoms with E-state index >= 15 is 0 Å². The molecule has 2 aromatic rings. The Kier molecular flexibility index (Phi) is 6.34. The van der Waals surface area contributed by atoms with E-state index in [1.165, 1.54) is 20.1 Å². The normalized spacial score (nSPS) is 18.8. The number of carbonyl (C=O) groups excluding carboxylic acids is 2. The van der Waals surface area contributed by atoms with Gasteiger partial charge in [-0.15, -0.1) is 0 Å². The van der Waals surface area contributed by atoms with Crippen LogP contribution in [0, 0.1) is 5.92 Å². The maximum Gasteiger partial charge on any atom is 0.416 e. The van der Waals surface area contributed by atoms with E-state index in [-0.39, 0.29) is 25.4 Å². The lowest BCUT2D eigenvalue weighted by molar-refractivity contribution is -0.142. The molecule has 1 amide bonds. The predicted molar refractivity (Wildman–Crippen MR) is 104 cm³/mol. The van der Waals surface area contributed by atoms with E-state index in [1.807, 2.05) is 0 Å². The van der Waals surface area contributed by atoms with Crippen LogP contribution in [-0.4, -0.2) is 25.6 Å². The Morgan fingerprint density at radius 1 is 1.17 bits per heavy atom. The van der Waals surface area contributed by atoms with Crippen molar-refractivity contribution in [2.24, 2.45) is 5.92 Å². The lowest BCUT2D eigenvalue weighted by atomic mass is 9.80. The van der Waals surface area contributed by atoms with E-state index in [9.17, 15) is 22.8 Å². The minimum Gasteiger partial charge on any atom is -0.497 e. The third-order valence-electron chi connectivity index (χ3n) is 5.23. The highest BCUT2D eigenvalue weighted by molar-refractivity contribution is 5.95. The molecule has 1 aliphatic heterocycles. The Bertz CT molecular complexity index is 925. The van der Waals surface area contributed by atoms with Crippen LogP contribution in [0.5, 0.6) is 5.75 Å². The summed E-state index contributed by atoms with van der Waals surface area (Å²) in [5.41, 5.74) is 0.807. The number of benzene rings is 2. The lowest BCUT2D eigenvalue weighted by Crippen LogP contribution is -2.28. The smallest absolute Gasteiger partial charge is 0.416 e. The molecule has 0 saturated heterocycles. The lowest BCUT2D eigenvalue weighted by Gasteiger charge is -2.24. The zero-order chi connectivity index (χ0) is 21.9. The van der Waals surface area contributed by atoms with Crippen LogP contribution in [0.25, 0.3) is 0 Å². The predicted octanol–water partition coefficient (Wildman–Crippen LogP) is 4.56. The van der Waals surface area contributed by atoms with Gasteiger partial charge in [0.1, 0.15) is 5.75 Å². The zero-order valence-corrected chi connectivity index (χ0v) is 16.6. The fourth-order valence-corrected chi connectivity index (χ4v) is 3.71. The van der Waals surface area contributed by atoms with Crippen molar-refractivity contribution >= 4 is 17.6 Å². The molecule has 2 atom stereocenters. The fraction of sp³-hybridized carbons (Fsp3) is 0.364. The van der Waals surface area contributed by atoms with Crippen LogP contribution < -0.4 is 10.1 Å². The van der Waals surface area contributed by atoms with Crippen molar-refractivity contribution in [3.8, 4) is 5.75 Å². The van der Waals surface area contributed by atoms with Crippen molar-refractivity contribution in [2.75, 3.05) is 19.0 Å². The van der Waals surface area contributed by atoms with Crippen molar-refractivity contribution in [3.05, 3.63) is 59.2 Å². The van der Waals surface area contributed by atoms with E-state index in [2.05, 4.69) is 5.32 Å². The summed E-state index contributed by atoms with van der Waals surface area (Å²) in [4.78, 5) is 24.1. The number of anilines is 1. The number of fused-ring (bicyclic) bond motifs is 1. The van der Waals surface area contributed by atoms with E-state index < -0.39 is 29.5 Å². The number of rotatable bonds is 5. The molecule has 1 aliphatic rings. The van der Waals surface area contributed by atoms with E-state index in [4.69, 9.17) is 9.47 Å². The second-order valence-corrected chi connectivity index (χ2v) is 7.18. The van der Waals surface area contributed by atoms with Gasteiger partial charge in [0.15, 0.2) is 0 Å². The second-order valence-electron chi connectivity index (χ2n) is 7.18. The maximum absolute atomic E-state index is 13.2. The zero-order valence-electron chi connectivity index (χ0n) is 16.6. The van der Waals surface area contributed by atoms with Gasteiger partial charge in [0.25, 0.3) is 0 Å². The maximum atomic E-state index is 13.2. The fourth-order valence-electron chi connectivity index (χ4n) is 3.71. The Balaban J connectivity index is 1.99. The first-order valence-corrected chi connectivity index (χ1v) is 9.47. The third-order valence-corrected chi connectivity index (χ3v) is 5.23. The summed E-state index contributed by atoms with van der Waals surface area (Å²) in [6.45, 7) is 1.33. The second kappa shape index (κ2) is 8.77. The molecule has 8 heteroatoms. The molecule has 0 bridgehead atoms. The van der Waals surface area contributed by atoms with Gasteiger partial charge in [0.2, 0.25) is 5.91 Å². The highest BCUT2D eigenvalue weighted by atomic mass is 19.4. The Morgan fingerprint density at radius 3 is 2.47 bits per heavy atom. The molecule has 0 fully saturated rings. The minimum atomic E-state index is -4.48. The van der Waals surface area contributed by atoms with Crippen molar-refractivity contribution < 1.29 is 32.2 Å².